The summed E-state index contributed by atoms with van der Waals surface area (Å²) in [7, 11) is 0. The molecule has 144 valence electrons. The van der Waals surface area contributed by atoms with Gasteiger partial charge in [0.25, 0.3) is 5.91 Å². The van der Waals surface area contributed by atoms with Crippen molar-refractivity contribution in [1.82, 2.24) is 14.8 Å². The van der Waals surface area contributed by atoms with Crippen LogP contribution in [0.4, 0.5) is 0 Å². The van der Waals surface area contributed by atoms with Crippen LogP contribution in [-0.2, 0) is 4.79 Å². The Morgan fingerprint density at radius 1 is 1.22 bits per heavy atom. The third kappa shape index (κ3) is 4.24. The fourth-order valence-electron chi connectivity index (χ4n) is 3.99. The fourth-order valence-corrected chi connectivity index (χ4v) is 3.99. The number of hydrogen-bond acceptors (Lipinski definition) is 2. The van der Waals surface area contributed by atoms with Crippen LogP contribution in [0.5, 0.6) is 0 Å². The molecule has 2 amide bonds. The molecule has 1 atom stereocenters. The standard InChI is InChI=1S/C22H29N3O2/c1-16-15-20(18(3)25(16)17(2)19-9-5-4-6-10-19)22(27)23-12-8-14-24-13-7-11-21(24)26/h4-6,9-10,15,17H,7-8,11-14H2,1-3H3,(H,23,27). The average Bonchev–Trinajstić information content (AvgIpc) is 3.21. The largest absolute Gasteiger partial charge is 0.352 e. The summed E-state index contributed by atoms with van der Waals surface area (Å²) in [6.07, 6.45) is 2.41. The number of carbonyl (C=O) groups is 2. The number of nitrogens with zero attached hydrogens (tertiary/aromatic N) is 2. The van der Waals surface area contributed by atoms with Gasteiger partial charge < -0.3 is 14.8 Å². The van der Waals surface area contributed by atoms with Crippen molar-refractivity contribution in [3.05, 3.63) is 58.9 Å². The highest BCUT2D eigenvalue weighted by molar-refractivity contribution is 5.95. The molecule has 1 aromatic heterocycles. The predicted octanol–water partition coefficient (Wildman–Crippen LogP) is 3.46. The summed E-state index contributed by atoms with van der Waals surface area (Å²) >= 11 is 0. The van der Waals surface area contributed by atoms with Gasteiger partial charge in [-0.25, -0.2) is 0 Å². The summed E-state index contributed by atoms with van der Waals surface area (Å²) < 4.78 is 2.22. The molecule has 0 aliphatic carbocycles. The summed E-state index contributed by atoms with van der Waals surface area (Å²) in [4.78, 5) is 26.2. The Balaban J connectivity index is 1.61. The Labute approximate surface area is 161 Å². The van der Waals surface area contributed by atoms with E-state index in [1.165, 1.54) is 5.56 Å². The molecule has 1 aliphatic heterocycles. The van der Waals surface area contributed by atoms with Gasteiger partial charge in [-0.15, -0.1) is 0 Å². The van der Waals surface area contributed by atoms with Gasteiger partial charge in [-0.3, -0.25) is 9.59 Å². The molecule has 1 fully saturated rings. The van der Waals surface area contributed by atoms with Gasteiger partial charge in [-0.05, 0) is 45.2 Å². The van der Waals surface area contributed by atoms with Crippen LogP contribution in [0.15, 0.2) is 36.4 Å². The lowest BCUT2D eigenvalue weighted by molar-refractivity contribution is -0.127. The molecule has 0 radical (unpaired) electrons. The highest BCUT2D eigenvalue weighted by Gasteiger charge is 2.21. The molecule has 0 saturated carbocycles. The Kier molecular flexibility index (Phi) is 5.99. The minimum absolute atomic E-state index is 0.0395. The van der Waals surface area contributed by atoms with Crippen molar-refractivity contribution in [2.45, 2.75) is 46.1 Å². The number of carbonyl (C=O) groups excluding carboxylic acids is 2. The van der Waals surface area contributed by atoms with Crippen molar-refractivity contribution in [2.24, 2.45) is 0 Å². The number of aryl methyl sites for hydroxylation is 1. The molecule has 3 rings (SSSR count). The monoisotopic (exact) mass is 367 g/mol. The lowest BCUT2D eigenvalue weighted by Crippen LogP contribution is -2.30. The Morgan fingerprint density at radius 2 is 1.96 bits per heavy atom. The maximum Gasteiger partial charge on any atom is 0.253 e. The van der Waals surface area contributed by atoms with Crippen LogP contribution in [0.2, 0.25) is 0 Å². The average molecular weight is 367 g/mol. The van der Waals surface area contributed by atoms with Gasteiger partial charge in [-0.1, -0.05) is 30.3 Å². The number of amides is 2. The third-order valence-corrected chi connectivity index (χ3v) is 5.46. The molecular formula is C22H29N3O2. The zero-order valence-corrected chi connectivity index (χ0v) is 16.5. The number of likely N-dealkylation sites (tertiary alicyclic amines) is 1. The van der Waals surface area contributed by atoms with Crippen molar-refractivity contribution < 1.29 is 9.59 Å². The van der Waals surface area contributed by atoms with Gasteiger partial charge in [-0.2, -0.15) is 0 Å². The molecule has 1 saturated heterocycles. The highest BCUT2D eigenvalue weighted by Crippen LogP contribution is 2.25. The van der Waals surface area contributed by atoms with Gasteiger partial charge in [0.2, 0.25) is 5.91 Å². The second kappa shape index (κ2) is 8.42. The van der Waals surface area contributed by atoms with Crippen molar-refractivity contribution in [1.29, 1.82) is 0 Å². The van der Waals surface area contributed by atoms with Crippen molar-refractivity contribution >= 4 is 11.8 Å². The second-order valence-corrected chi connectivity index (χ2v) is 7.34. The molecule has 2 heterocycles. The van der Waals surface area contributed by atoms with Crippen molar-refractivity contribution in [2.75, 3.05) is 19.6 Å². The van der Waals surface area contributed by atoms with E-state index in [1.54, 1.807) is 0 Å². The maximum absolute atomic E-state index is 12.6. The fraction of sp³-hybridized carbons (Fsp3) is 0.455. The lowest BCUT2D eigenvalue weighted by atomic mass is 10.1. The molecule has 27 heavy (non-hydrogen) atoms. The summed E-state index contributed by atoms with van der Waals surface area (Å²) in [5.74, 6) is 0.196. The first-order valence-electron chi connectivity index (χ1n) is 9.78. The van der Waals surface area contributed by atoms with E-state index in [2.05, 4.69) is 28.9 Å². The molecule has 2 aromatic rings. The van der Waals surface area contributed by atoms with E-state index in [0.29, 0.717) is 13.0 Å². The van der Waals surface area contributed by atoms with Crippen LogP contribution in [0.25, 0.3) is 0 Å². The van der Waals surface area contributed by atoms with Crippen LogP contribution < -0.4 is 5.32 Å². The van der Waals surface area contributed by atoms with E-state index in [9.17, 15) is 9.59 Å². The molecule has 1 aliphatic rings. The Bertz CT molecular complexity index is 810. The summed E-state index contributed by atoms with van der Waals surface area (Å²) in [5.41, 5.74) is 4.02. The normalized spacial score (nSPS) is 15.2. The SMILES string of the molecule is Cc1cc(C(=O)NCCCN2CCCC2=O)c(C)n1C(C)c1ccccc1. The van der Waals surface area contributed by atoms with Gasteiger partial charge in [0, 0.05) is 37.4 Å². The van der Waals surface area contributed by atoms with E-state index in [1.807, 2.05) is 43.0 Å². The smallest absolute Gasteiger partial charge is 0.253 e. The zero-order valence-electron chi connectivity index (χ0n) is 16.5. The number of aromatic nitrogens is 1. The Morgan fingerprint density at radius 3 is 2.63 bits per heavy atom. The van der Waals surface area contributed by atoms with Gasteiger partial charge in [0.05, 0.1) is 11.6 Å². The Hall–Kier alpha value is -2.56. The number of nitrogens with one attached hydrogen (secondary N) is 1. The van der Waals surface area contributed by atoms with E-state index >= 15 is 0 Å². The van der Waals surface area contributed by atoms with Crippen molar-refractivity contribution in [3.63, 3.8) is 0 Å². The lowest BCUT2D eigenvalue weighted by Gasteiger charge is -2.19. The topological polar surface area (TPSA) is 54.3 Å². The molecule has 0 spiro atoms. The van der Waals surface area contributed by atoms with Crippen LogP contribution in [0.1, 0.15) is 59.5 Å². The van der Waals surface area contributed by atoms with E-state index in [0.717, 1.165) is 42.9 Å². The maximum atomic E-state index is 12.6. The van der Waals surface area contributed by atoms with E-state index < -0.39 is 0 Å². The van der Waals surface area contributed by atoms with Gasteiger partial charge in [0.15, 0.2) is 0 Å². The first kappa shape index (κ1) is 19.2. The molecule has 5 heteroatoms. The molecule has 0 bridgehead atoms. The van der Waals surface area contributed by atoms with Crippen LogP contribution in [0, 0.1) is 13.8 Å². The molecule has 1 aromatic carbocycles. The summed E-state index contributed by atoms with van der Waals surface area (Å²) in [5, 5.41) is 3.01. The summed E-state index contributed by atoms with van der Waals surface area (Å²) in [6.45, 7) is 8.37. The zero-order chi connectivity index (χ0) is 19.4. The molecule has 1 unspecified atom stereocenters. The van der Waals surface area contributed by atoms with Gasteiger partial charge in [0.1, 0.15) is 0 Å². The van der Waals surface area contributed by atoms with E-state index in [-0.39, 0.29) is 17.9 Å². The van der Waals surface area contributed by atoms with Crippen LogP contribution in [-0.4, -0.2) is 40.9 Å². The predicted molar refractivity (Wildman–Crippen MR) is 107 cm³/mol. The van der Waals surface area contributed by atoms with E-state index in [4.69, 9.17) is 0 Å². The first-order chi connectivity index (χ1) is 13.0. The first-order valence-corrected chi connectivity index (χ1v) is 9.78. The quantitative estimate of drug-likeness (QED) is 0.762. The van der Waals surface area contributed by atoms with Gasteiger partial charge >= 0.3 is 0 Å². The number of hydrogen-bond donors (Lipinski definition) is 1. The number of benzene rings is 1. The molecule has 1 N–H and O–H groups in total. The minimum atomic E-state index is -0.0395. The van der Waals surface area contributed by atoms with Crippen molar-refractivity contribution in [3.8, 4) is 0 Å². The highest BCUT2D eigenvalue weighted by atomic mass is 16.2. The molecular weight excluding hydrogens is 338 g/mol. The second-order valence-electron chi connectivity index (χ2n) is 7.34. The molecule has 5 nitrogen and oxygen atoms in total. The van der Waals surface area contributed by atoms with Crippen LogP contribution in [0.3, 0.4) is 0 Å². The number of rotatable bonds is 7. The third-order valence-electron chi connectivity index (χ3n) is 5.46. The van der Waals surface area contributed by atoms with Crippen LogP contribution >= 0.6 is 0 Å². The summed E-state index contributed by atoms with van der Waals surface area (Å²) in [6, 6.07) is 12.5. The minimum Gasteiger partial charge on any atom is -0.352 e.